The van der Waals surface area contributed by atoms with Gasteiger partial charge < -0.3 is 14.8 Å². The topological polar surface area (TPSA) is 47.6 Å². The molecule has 0 aromatic heterocycles. The van der Waals surface area contributed by atoms with Crippen molar-refractivity contribution in [3.05, 3.63) is 0 Å². The summed E-state index contributed by atoms with van der Waals surface area (Å²) in [5, 5.41) is 2.82. The van der Waals surface area contributed by atoms with Crippen LogP contribution < -0.4 is 5.32 Å². The molecule has 0 atom stereocenters. The fourth-order valence-corrected chi connectivity index (χ4v) is 1.93. The average Bonchev–Trinajstić information content (AvgIpc) is 2.35. The zero-order valence-corrected chi connectivity index (χ0v) is 11.3. The Hall–Kier alpha value is -0.610. The zero-order chi connectivity index (χ0) is 12.7. The molecule has 100 valence electrons. The van der Waals surface area contributed by atoms with Gasteiger partial charge in [-0.25, -0.2) is 0 Å². The predicted molar refractivity (Wildman–Crippen MR) is 66.9 cm³/mol. The van der Waals surface area contributed by atoms with E-state index in [2.05, 4.69) is 5.32 Å². The molecular formula is C13H25NO3. The molecule has 0 aromatic rings. The fraction of sp³-hybridized carbons (Fsp3) is 0.923. The standard InChI is InChI=1S/C13H25NO3/c1-13(2,16-3)12(15)14-9-10-17-11-7-5-4-6-8-11/h11H,4-10H2,1-3H3,(H,14,15). The first-order valence-corrected chi connectivity index (χ1v) is 6.51. The van der Waals surface area contributed by atoms with E-state index in [1.165, 1.54) is 26.4 Å². The molecule has 1 saturated carbocycles. The number of hydrogen-bond acceptors (Lipinski definition) is 3. The van der Waals surface area contributed by atoms with E-state index in [0.29, 0.717) is 19.3 Å². The molecule has 4 nitrogen and oxygen atoms in total. The van der Waals surface area contributed by atoms with E-state index < -0.39 is 5.60 Å². The van der Waals surface area contributed by atoms with Crippen LogP contribution in [0.2, 0.25) is 0 Å². The summed E-state index contributed by atoms with van der Waals surface area (Å²) in [5.41, 5.74) is -0.759. The van der Waals surface area contributed by atoms with Gasteiger partial charge >= 0.3 is 0 Å². The number of hydrogen-bond donors (Lipinski definition) is 1. The SMILES string of the molecule is COC(C)(C)C(=O)NCCOC1CCCCC1. The zero-order valence-electron chi connectivity index (χ0n) is 11.3. The number of ether oxygens (including phenoxy) is 2. The Labute approximate surface area is 104 Å². The maximum atomic E-state index is 11.7. The Kier molecular flexibility index (Phi) is 5.92. The molecule has 0 radical (unpaired) electrons. The lowest BCUT2D eigenvalue weighted by atomic mass is 9.98. The third-order valence-electron chi connectivity index (χ3n) is 3.35. The van der Waals surface area contributed by atoms with Crippen molar-refractivity contribution >= 4 is 5.91 Å². The second-order valence-corrected chi connectivity index (χ2v) is 5.10. The molecule has 0 aliphatic heterocycles. The van der Waals surface area contributed by atoms with Gasteiger partial charge in [-0.3, -0.25) is 4.79 Å². The lowest BCUT2D eigenvalue weighted by molar-refractivity contribution is -0.139. The molecule has 1 amide bonds. The third kappa shape index (κ3) is 5.04. The molecule has 1 rings (SSSR count). The van der Waals surface area contributed by atoms with Crippen molar-refractivity contribution in [1.29, 1.82) is 0 Å². The van der Waals surface area contributed by atoms with Crippen LogP contribution in [0.3, 0.4) is 0 Å². The van der Waals surface area contributed by atoms with Gasteiger partial charge in [-0.05, 0) is 26.7 Å². The molecule has 1 fully saturated rings. The largest absolute Gasteiger partial charge is 0.376 e. The maximum absolute atomic E-state index is 11.7. The third-order valence-corrected chi connectivity index (χ3v) is 3.35. The van der Waals surface area contributed by atoms with Crippen LogP contribution in [0, 0.1) is 0 Å². The molecule has 0 unspecified atom stereocenters. The van der Waals surface area contributed by atoms with Crippen LogP contribution in [0.1, 0.15) is 46.0 Å². The van der Waals surface area contributed by atoms with Crippen LogP contribution in [0.25, 0.3) is 0 Å². The number of carbonyl (C=O) groups excluding carboxylic acids is 1. The van der Waals surface area contributed by atoms with Gasteiger partial charge in [0.25, 0.3) is 5.91 Å². The molecule has 0 saturated heterocycles. The van der Waals surface area contributed by atoms with Crippen molar-refractivity contribution in [3.8, 4) is 0 Å². The minimum Gasteiger partial charge on any atom is -0.376 e. The predicted octanol–water partition coefficient (Wildman–Crippen LogP) is 1.88. The van der Waals surface area contributed by atoms with Gasteiger partial charge in [-0.1, -0.05) is 19.3 Å². The highest BCUT2D eigenvalue weighted by atomic mass is 16.5. The van der Waals surface area contributed by atoms with Crippen molar-refractivity contribution in [3.63, 3.8) is 0 Å². The normalized spacial score (nSPS) is 18.1. The number of amides is 1. The quantitative estimate of drug-likeness (QED) is 0.725. The molecule has 0 heterocycles. The highest BCUT2D eigenvalue weighted by Gasteiger charge is 2.26. The van der Waals surface area contributed by atoms with Gasteiger partial charge in [-0.2, -0.15) is 0 Å². The minimum absolute atomic E-state index is 0.0905. The molecule has 0 bridgehead atoms. The summed E-state index contributed by atoms with van der Waals surface area (Å²) in [4.78, 5) is 11.7. The van der Waals surface area contributed by atoms with Crippen LogP contribution in [0.5, 0.6) is 0 Å². The number of nitrogens with one attached hydrogen (secondary N) is 1. The lowest BCUT2D eigenvalue weighted by Crippen LogP contribution is -2.44. The van der Waals surface area contributed by atoms with Crippen LogP contribution >= 0.6 is 0 Å². The second kappa shape index (κ2) is 6.97. The van der Waals surface area contributed by atoms with E-state index in [4.69, 9.17) is 9.47 Å². The van der Waals surface area contributed by atoms with Crippen molar-refractivity contribution in [2.75, 3.05) is 20.3 Å². The van der Waals surface area contributed by atoms with Gasteiger partial charge in [-0.15, -0.1) is 0 Å². The smallest absolute Gasteiger partial charge is 0.251 e. The molecule has 0 aromatic carbocycles. The maximum Gasteiger partial charge on any atom is 0.251 e. The molecule has 0 spiro atoms. The summed E-state index contributed by atoms with van der Waals surface area (Å²) in [6, 6.07) is 0. The van der Waals surface area contributed by atoms with Crippen LogP contribution in [0.15, 0.2) is 0 Å². The molecule has 4 heteroatoms. The molecule has 1 N–H and O–H groups in total. The Balaban J connectivity index is 2.09. The molecule has 17 heavy (non-hydrogen) atoms. The highest BCUT2D eigenvalue weighted by molar-refractivity contribution is 5.84. The Morgan fingerprint density at radius 1 is 1.29 bits per heavy atom. The summed E-state index contributed by atoms with van der Waals surface area (Å²) in [5.74, 6) is -0.0905. The summed E-state index contributed by atoms with van der Waals surface area (Å²) in [6.07, 6.45) is 6.60. The van der Waals surface area contributed by atoms with Crippen LogP contribution in [0.4, 0.5) is 0 Å². The Bertz CT molecular complexity index is 235. The summed E-state index contributed by atoms with van der Waals surface area (Å²) >= 11 is 0. The summed E-state index contributed by atoms with van der Waals surface area (Å²) < 4.78 is 10.8. The number of carbonyl (C=O) groups is 1. The lowest BCUT2D eigenvalue weighted by Gasteiger charge is -2.24. The first-order valence-electron chi connectivity index (χ1n) is 6.51. The van der Waals surface area contributed by atoms with Crippen molar-refractivity contribution < 1.29 is 14.3 Å². The van der Waals surface area contributed by atoms with E-state index in [9.17, 15) is 4.79 Å². The number of rotatable bonds is 6. The average molecular weight is 243 g/mol. The van der Waals surface area contributed by atoms with Gasteiger partial charge in [0.1, 0.15) is 5.60 Å². The van der Waals surface area contributed by atoms with E-state index in [1.807, 2.05) is 0 Å². The minimum atomic E-state index is -0.759. The van der Waals surface area contributed by atoms with Crippen molar-refractivity contribution in [2.24, 2.45) is 0 Å². The van der Waals surface area contributed by atoms with E-state index in [-0.39, 0.29) is 5.91 Å². The summed E-state index contributed by atoms with van der Waals surface area (Å²) in [7, 11) is 1.54. The molecule has 1 aliphatic carbocycles. The highest BCUT2D eigenvalue weighted by Crippen LogP contribution is 2.19. The van der Waals surface area contributed by atoms with Crippen molar-refractivity contribution in [2.45, 2.75) is 57.7 Å². The number of methoxy groups -OCH3 is 1. The Morgan fingerprint density at radius 2 is 1.94 bits per heavy atom. The summed E-state index contributed by atoms with van der Waals surface area (Å²) in [6.45, 7) is 4.66. The molecule has 1 aliphatic rings. The fourth-order valence-electron chi connectivity index (χ4n) is 1.93. The van der Waals surface area contributed by atoms with Crippen LogP contribution in [-0.2, 0) is 14.3 Å². The Morgan fingerprint density at radius 3 is 2.53 bits per heavy atom. The van der Waals surface area contributed by atoms with E-state index >= 15 is 0 Å². The first kappa shape index (κ1) is 14.5. The molecular weight excluding hydrogens is 218 g/mol. The van der Waals surface area contributed by atoms with Gasteiger partial charge in [0.05, 0.1) is 12.7 Å². The van der Waals surface area contributed by atoms with E-state index in [0.717, 1.165) is 12.8 Å². The van der Waals surface area contributed by atoms with Crippen molar-refractivity contribution in [1.82, 2.24) is 5.32 Å². The second-order valence-electron chi connectivity index (χ2n) is 5.10. The van der Waals surface area contributed by atoms with E-state index in [1.54, 1.807) is 13.8 Å². The van der Waals surface area contributed by atoms with Crippen LogP contribution in [-0.4, -0.2) is 37.9 Å². The van der Waals surface area contributed by atoms with Gasteiger partial charge in [0.15, 0.2) is 0 Å². The van der Waals surface area contributed by atoms with Gasteiger partial charge in [0, 0.05) is 13.7 Å². The van der Waals surface area contributed by atoms with Gasteiger partial charge in [0.2, 0.25) is 0 Å². The monoisotopic (exact) mass is 243 g/mol. The first-order chi connectivity index (χ1) is 8.06.